The zero-order chi connectivity index (χ0) is 11.4. The first kappa shape index (κ1) is 11.1. The highest BCUT2D eigenvalue weighted by molar-refractivity contribution is 5.82. The molecule has 0 aliphatic carbocycles. The SMILES string of the molecule is CC(NC1=NCCCCC1)c1nncn1C. The molecule has 2 heterocycles. The number of amidine groups is 1. The Morgan fingerprint density at radius 3 is 3.00 bits per heavy atom. The number of aryl methyl sites for hydroxylation is 1. The highest BCUT2D eigenvalue weighted by Crippen LogP contribution is 2.11. The monoisotopic (exact) mass is 221 g/mol. The Hall–Kier alpha value is -1.39. The summed E-state index contributed by atoms with van der Waals surface area (Å²) in [6.07, 6.45) is 6.51. The molecule has 0 saturated heterocycles. The topological polar surface area (TPSA) is 55.1 Å². The van der Waals surface area contributed by atoms with Crippen molar-refractivity contribution in [3.63, 3.8) is 0 Å². The number of nitrogens with zero attached hydrogens (tertiary/aromatic N) is 4. The molecule has 1 atom stereocenters. The van der Waals surface area contributed by atoms with Gasteiger partial charge in [0, 0.05) is 20.0 Å². The predicted octanol–water partition coefficient (Wildman–Crippen LogP) is 1.44. The highest BCUT2D eigenvalue weighted by Gasteiger charge is 2.13. The fourth-order valence-corrected chi connectivity index (χ4v) is 1.99. The first-order valence-electron chi connectivity index (χ1n) is 5.91. The van der Waals surface area contributed by atoms with Gasteiger partial charge < -0.3 is 9.88 Å². The lowest BCUT2D eigenvalue weighted by Gasteiger charge is -2.15. The molecular weight excluding hydrogens is 202 g/mol. The van der Waals surface area contributed by atoms with E-state index in [1.165, 1.54) is 19.3 Å². The van der Waals surface area contributed by atoms with Crippen molar-refractivity contribution in [2.24, 2.45) is 12.0 Å². The van der Waals surface area contributed by atoms with Crippen LogP contribution in [0.3, 0.4) is 0 Å². The quantitative estimate of drug-likeness (QED) is 0.822. The molecule has 0 amide bonds. The molecule has 5 heteroatoms. The largest absolute Gasteiger partial charge is 0.364 e. The van der Waals surface area contributed by atoms with Gasteiger partial charge in [-0.1, -0.05) is 6.42 Å². The second-order valence-electron chi connectivity index (χ2n) is 4.31. The maximum Gasteiger partial charge on any atom is 0.154 e. The van der Waals surface area contributed by atoms with E-state index in [4.69, 9.17) is 0 Å². The average Bonchev–Trinajstić information content (AvgIpc) is 2.53. The maximum atomic E-state index is 4.55. The zero-order valence-electron chi connectivity index (χ0n) is 9.98. The molecule has 1 aromatic rings. The van der Waals surface area contributed by atoms with Crippen LogP contribution in [0.25, 0.3) is 0 Å². The van der Waals surface area contributed by atoms with Crippen molar-refractivity contribution in [2.75, 3.05) is 6.54 Å². The molecule has 16 heavy (non-hydrogen) atoms. The summed E-state index contributed by atoms with van der Waals surface area (Å²) in [5, 5.41) is 11.4. The third-order valence-corrected chi connectivity index (χ3v) is 2.89. The Morgan fingerprint density at radius 1 is 1.38 bits per heavy atom. The van der Waals surface area contributed by atoms with Crippen LogP contribution in [0.4, 0.5) is 0 Å². The minimum absolute atomic E-state index is 0.171. The molecule has 2 rings (SSSR count). The summed E-state index contributed by atoms with van der Waals surface area (Å²) in [7, 11) is 1.96. The Labute approximate surface area is 96.0 Å². The van der Waals surface area contributed by atoms with E-state index >= 15 is 0 Å². The average molecular weight is 221 g/mol. The number of aliphatic imine (C=N–C) groups is 1. The normalized spacial score (nSPS) is 18.8. The number of rotatable bonds is 2. The van der Waals surface area contributed by atoms with E-state index in [2.05, 4.69) is 27.4 Å². The second-order valence-corrected chi connectivity index (χ2v) is 4.31. The molecule has 0 aromatic carbocycles. The van der Waals surface area contributed by atoms with Gasteiger partial charge in [0.25, 0.3) is 0 Å². The van der Waals surface area contributed by atoms with E-state index in [0.717, 1.165) is 24.6 Å². The first-order chi connectivity index (χ1) is 7.77. The van der Waals surface area contributed by atoms with Gasteiger partial charge in [-0.25, -0.2) is 0 Å². The summed E-state index contributed by atoms with van der Waals surface area (Å²) >= 11 is 0. The molecule has 1 aliphatic rings. The van der Waals surface area contributed by atoms with Crippen molar-refractivity contribution < 1.29 is 0 Å². The standard InChI is InChI=1S/C11H19N5/c1-9(11-15-13-8-16(11)2)14-10-6-4-3-5-7-12-10/h8-9H,3-7H2,1-2H3,(H,12,14). The molecule has 1 aromatic heterocycles. The molecular formula is C11H19N5. The van der Waals surface area contributed by atoms with Crippen molar-refractivity contribution in [2.45, 2.75) is 38.6 Å². The third-order valence-electron chi connectivity index (χ3n) is 2.89. The van der Waals surface area contributed by atoms with Crippen LogP contribution < -0.4 is 5.32 Å². The molecule has 0 spiro atoms. The van der Waals surface area contributed by atoms with Gasteiger partial charge in [0.05, 0.1) is 11.9 Å². The lowest BCUT2D eigenvalue weighted by Crippen LogP contribution is -2.28. The third kappa shape index (κ3) is 2.59. The summed E-state index contributed by atoms with van der Waals surface area (Å²) in [6, 6.07) is 0.171. The number of hydrogen-bond donors (Lipinski definition) is 1. The Kier molecular flexibility index (Phi) is 3.54. The van der Waals surface area contributed by atoms with Gasteiger partial charge >= 0.3 is 0 Å². The van der Waals surface area contributed by atoms with Crippen molar-refractivity contribution in [3.8, 4) is 0 Å². The fourth-order valence-electron chi connectivity index (χ4n) is 1.99. The number of hydrogen-bond acceptors (Lipinski definition) is 4. The van der Waals surface area contributed by atoms with Gasteiger partial charge in [0.15, 0.2) is 5.82 Å². The Balaban J connectivity index is 1.98. The zero-order valence-corrected chi connectivity index (χ0v) is 9.98. The van der Waals surface area contributed by atoms with E-state index in [9.17, 15) is 0 Å². The van der Waals surface area contributed by atoms with Crippen LogP contribution in [-0.4, -0.2) is 27.1 Å². The Morgan fingerprint density at radius 2 is 2.25 bits per heavy atom. The molecule has 1 unspecified atom stereocenters. The molecule has 1 aliphatic heterocycles. The van der Waals surface area contributed by atoms with Crippen LogP contribution in [0.15, 0.2) is 11.3 Å². The molecule has 0 fully saturated rings. The fraction of sp³-hybridized carbons (Fsp3) is 0.727. The van der Waals surface area contributed by atoms with Crippen LogP contribution in [0.2, 0.25) is 0 Å². The maximum absolute atomic E-state index is 4.55. The molecule has 0 bridgehead atoms. The van der Waals surface area contributed by atoms with Crippen molar-refractivity contribution in [1.82, 2.24) is 20.1 Å². The number of nitrogens with one attached hydrogen (secondary N) is 1. The second kappa shape index (κ2) is 5.09. The van der Waals surface area contributed by atoms with E-state index in [1.807, 2.05) is 11.6 Å². The van der Waals surface area contributed by atoms with Gasteiger partial charge in [-0.3, -0.25) is 4.99 Å². The summed E-state index contributed by atoms with van der Waals surface area (Å²) in [5.74, 6) is 2.07. The minimum atomic E-state index is 0.171. The van der Waals surface area contributed by atoms with Crippen LogP contribution in [0.5, 0.6) is 0 Å². The predicted molar refractivity (Wildman–Crippen MR) is 63.3 cm³/mol. The highest BCUT2D eigenvalue weighted by atomic mass is 15.3. The lowest BCUT2D eigenvalue weighted by atomic mass is 10.2. The van der Waals surface area contributed by atoms with Gasteiger partial charge in [-0.15, -0.1) is 10.2 Å². The van der Waals surface area contributed by atoms with Gasteiger partial charge in [0.2, 0.25) is 0 Å². The van der Waals surface area contributed by atoms with Crippen molar-refractivity contribution in [1.29, 1.82) is 0 Å². The van der Waals surface area contributed by atoms with Gasteiger partial charge in [-0.05, 0) is 19.8 Å². The summed E-state index contributed by atoms with van der Waals surface area (Å²) in [4.78, 5) is 4.55. The van der Waals surface area contributed by atoms with E-state index in [1.54, 1.807) is 6.33 Å². The summed E-state index contributed by atoms with van der Waals surface area (Å²) in [6.45, 7) is 3.05. The molecule has 88 valence electrons. The lowest BCUT2D eigenvalue weighted by molar-refractivity contribution is 0.617. The van der Waals surface area contributed by atoms with Crippen LogP contribution >= 0.6 is 0 Å². The van der Waals surface area contributed by atoms with Crippen LogP contribution in [0, 0.1) is 0 Å². The van der Waals surface area contributed by atoms with Crippen molar-refractivity contribution in [3.05, 3.63) is 12.2 Å². The van der Waals surface area contributed by atoms with E-state index in [0.29, 0.717) is 0 Å². The first-order valence-corrected chi connectivity index (χ1v) is 5.91. The van der Waals surface area contributed by atoms with Gasteiger partial charge in [-0.2, -0.15) is 0 Å². The minimum Gasteiger partial charge on any atom is -0.364 e. The molecule has 0 radical (unpaired) electrons. The van der Waals surface area contributed by atoms with Crippen LogP contribution in [0.1, 0.15) is 44.5 Å². The molecule has 0 saturated carbocycles. The number of aromatic nitrogens is 3. The Bertz CT molecular complexity index is 368. The van der Waals surface area contributed by atoms with Crippen LogP contribution in [-0.2, 0) is 7.05 Å². The molecule has 1 N–H and O–H groups in total. The smallest absolute Gasteiger partial charge is 0.154 e. The van der Waals surface area contributed by atoms with E-state index < -0.39 is 0 Å². The summed E-state index contributed by atoms with van der Waals surface area (Å²) < 4.78 is 1.94. The van der Waals surface area contributed by atoms with E-state index in [-0.39, 0.29) is 6.04 Å². The molecule has 5 nitrogen and oxygen atoms in total. The van der Waals surface area contributed by atoms with Gasteiger partial charge in [0.1, 0.15) is 6.33 Å². The summed E-state index contributed by atoms with van der Waals surface area (Å²) in [5.41, 5.74) is 0. The van der Waals surface area contributed by atoms with Crippen molar-refractivity contribution >= 4 is 5.84 Å².